The van der Waals surface area contributed by atoms with Crippen LogP contribution in [0.3, 0.4) is 0 Å². The molecule has 4 rings (SSSR count). The van der Waals surface area contributed by atoms with E-state index in [2.05, 4.69) is 57.9 Å². The Morgan fingerprint density at radius 1 is 1.00 bits per heavy atom. The Morgan fingerprint density at radius 2 is 1.72 bits per heavy atom. The smallest absolute Gasteiger partial charge is 0.238 e. The van der Waals surface area contributed by atoms with Crippen molar-refractivity contribution in [2.75, 3.05) is 38.0 Å². The first-order valence-electron chi connectivity index (χ1n) is 10.2. The molecule has 0 radical (unpaired) electrons. The summed E-state index contributed by atoms with van der Waals surface area (Å²) < 4.78 is 2.18. The summed E-state index contributed by atoms with van der Waals surface area (Å²) in [6.07, 6.45) is 0. The van der Waals surface area contributed by atoms with Crippen molar-refractivity contribution in [2.45, 2.75) is 20.4 Å². The zero-order chi connectivity index (χ0) is 20.4. The number of rotatable bonds is 5. The highest BCUT2D eigenvalue weighted by atomic mass is 16.2. The molecule has 1 N–H and O–H groups in total. The largest absolute Gasteiger partial charge is 0.330 e. The van der Waals surface area contributed by atoms with E-state index in [1.54, 1.807) is 0 Å². The average Bonchev–Trinajstić information content (AvgIpc) is 3.03. The second kappa shape index (κ2) is 8.35. The van der Waals surface area contributed by atoms with Crippen LogP contribution in [-0.4, -0.2) is 58.0 Å². The van der Waals surface area contributed by atoms with E-state index in [1.807, 2.05) is 25.1 Å². The summed E-state index contributed by atoms with van der Waals surface area (Å²) in [5.41, 5.74) is 5.46. The van der Waals surface area contributed by atoms with Gasteiger partial charge in [0.25, 0.3) is 0 Å². The van der Waals surface area contributed by atoms with Crippen LogP contribution in [0.4, 0.5) is 5.69 Å². The van der Waals surface area contributed by atoms with Gasteiger partial charge < -0.3 is 9.88 Å². The first-order chi connectivity index (χ1) is 14.0. The molecule has 2 aromatic carbocycles. The molecule has 3 aromatic rings. The lowest BCUT2D eigenvalue weighted by Gasteiger charge is -2.34. The van der Waals surface area contributed by atoms with Gasteiger partial charge in [0, 0.05) is 38.9 Å². The Kier molecular flexibility index (Phi) is 5.65. The van der Waals surface area contributed by atoms with Crippen LogP contribution in [0.5, 0.6) is 0 Å². The number of aromatic nitrogens is 2. The van der Waals surface area contributed by atoms with Crippen LogP contribution in [0, 0.1) is 13.8 Å². The highest BCUT2D eigenvalue weighted by Crippen LogP contribution is 2.18. The summed E-state index contributed by atoms with van der Waals surface area (Å²) in [6, 6.07) is 14.3. The fourth-order valence-electron chi connectivity index (χ4n) is 3.92. The Bertz CT molecular complexity index is 1020. The average molecular weight is 392 g/mol. The standard InChI is InChI=1S/C23H29N5O/c1-17-7-6-9-19(18(17)2)25-23(29)16-28-13-11-27(12-14-28)15-22-24-20-8-4-5-10-21(20)26(22)3/h4-10H,11-16H2,1-3H3,(H,25,29). The second-order valence-corrected chi connectivity index (χ2v) is 7.92. The van der Waals surface area contributed by atoms with Crippen molar-refractivity contribution in [1.29, 1.82) is 0 Å². The highest BCUT2D eigenvalue weighted by Gasteiger charge is 2.21. The molecule has 6 heteroatoms. The SMILES string of the molecule is Cc1cccc(NC(=O)CN2CCN(Cc3nc4ccccc4n3C)CC2)c1C. The molecule has 0 bridgehead atoms. The van der Waals surface area contributed by atoms with Crippen molar-refractivity contribution in [1.82, 2.24) is 19.4 Å². The number of nitrogens with zero attached hydrogens (tertiary/aromatic N) is 4. The zero-order valence-corrected chi connectivity index (χ0v) is 17.5. The Morgan fingerprint density at radius 3 is 2.48 bits per heavy atom. The van der Waals surface area contributed by atoms with Crippen LogP contribution in [0.25, 0.3) is 11.0 Å². The van der Waals surface area contributed by atoms with E-state index in [0.717, 1.165) is 55.3 Å². The number of amides is 1. The number of nitrogens with one attached hydrogen (secondary N) is 1. The quantitative estimate of drug-likeness (QED) is 0.727. The molecule has 1 amide bonds. The number of carbonyl (C=O) groups is 1. The molecule has 1 fully saturated rings. The van der Waals surface area contributed by atoms with Crippen molar-refractivity contribution in [3.8, 4) is 0 Å². The van der Waals surface area contributed by atoms with E-state index in [4.69, 9.17) is 4.98 Å². The van der Waals surface area contributed by atoms with Crippen LogP contribution in [0.1, 0.15) is 17.0 Å². The van der Waals surface area contributed by atoms with E-state index >= 15 is 0 Å². The summed E-state index contributed by atoms with van der Waals surface area (Å²) in [4.78, 5) is 21.9. The van der Waals surface area contributed by atoms with Crippen LogP contribution in [0.15, 0.2) is 42.5 Å². The minimum absolute atomic E-state index is 0.0579. The van der Waals surface area contributed by atoms with Crippen molar-refractivity contribution >= 4 is 22.6 Å². The maximum atomic E-state index is 12.5. The van der Waals surface area contributed by atoms with Gasteiger partial charge in [0.1, 0.15) is 5.82 Å². The number of aryl methyl sites for hydroxylation is 2. The summed E-state index contributed by atoms with van der Waals surface area (Å²) in [5.74, 6) is 1.15. The van der Waals surface area contributed by atoms with Crippen LogP contribution >= 0.6 is 0 Å². The topological polar surface area (TPSA) is 53.4 Å². The number of fused-ring (bicyclic) bond motifs is 1. The third kappa shape index (κ3) is 4.33. The summed E-state index contributed by atoms with van der Waals surface area (Å²) >= 11 is 0. The Labute approximate surface area is 172 Å². The van der Waals surface area contributed by atoms with Crippen LogP contribution in [0.2, 0.25) is 0 Å². The molecule has 1 aliphatic heterocycles. The highest BCUT2D eigenvalue weighted by molar-refractivity contribution is 5.93. The maximum absolute atomic E-state index is 12.5. The van der Waals surface area contributed by atoms with Crippen molar-refractivity contribution in [2.24, 2.45) is 7.05 Å². The van der Waals surface area contributed by atoms with Gasteiger partial charge >= 0.3 is 0 Å². The number of imidazole rings is 1. The minimum atomic E-state index is 0.0579. The van der Waals surface area contributed by atoms with E-state index < -0.39 is 0 Å². The monoisotopic (exact) mass is 391 g/mol. The molecule has 0 aliphatic carbocycles. The normalized spacial score (nSPS) is 15.7. The van der Waals surface area contributed by atoms with Gasteiger partial charge in [0.2, 0.25) is 5.91 Å². The van der Waals surface area contributed by atoms with E-state index in [1.165, 1.54) is 11.1 Å². The molecule has 152 valence electrons. The molecule has 6 nitrogen and oxygen atoms in total. The third-order valence-corrected chi connectivity index (χ3v) is 5.96. The molecular formula is C23H29N5O. The van der Waals surface area contributed by atoms with E-state index in [9.17, 15) is 4.79 Å². The van der Waals surface area contributed by atoms with Crippen LogP contribution in [-0.2, 0) is 18.4 Å². The molecular weight excluding hydrogens is 362 g/mol. The van der Waals surface area contributed by atoms with E-state index in [0.29, 0.717) is 6.54 Å². The van der Waals surface area contributed by atoms with Gasteiger partial charge in [0.15, 0.2) is 0 Å². The number of hydrogen-bond donors (Lipinski definition) is 1. The fourth-order valence-corrected chi connectivity index (χ4v) is 3.92. The van der Waals surface area contributed by atoms with Gasteiger partial charge in [-0.25, -0.2) is 4.98 Å². The Balaban J connectivity index is 1.29. The number of anilines is 1. The van der Waals surface area contributed by atoms with Crippen molar-refractivity contribution < 1.29 is 4.79 Å². The van der Waals surface area contributed by atoms with Crippen molar-refractivity contribution in [3.63, 3.8) is 0 Å². The third-order valence-electron chi connectivity index (χ3n) is 5.96. The number of piperazine rings is 1. The summed E-state index contributed by atoms with van der Waals surface area (Å²) in [5, 5.41) is 3.06. The molecule has 0 atom stereocenters. The fraction of sp³-hybridized carbons (Fsp3) is 0.391. The molecule has 2 heterocycles. The number of carbonyl (C=O) groups excluding carboxylic acids is 1. The first-order valence-corrected chi connectivity index (χ1v) is 10.2. The lowest BCUT2D eigenvalue weighted by molar-refractivity contribution is -0.117. The van der Waals surface area contributed by atoms with Gasteiger partial charge in [-0.3, -0.25) is 14.6 Å². The van der Waals surface area contributed by atoms with Crippen LogP contribution < -0.4 is 5.32 Å². The van der Waals surface area contributed by atoms with Gasteiger partial charge in [-0.1, -0.05) is 24.3 Å². The maximum Gasteiger partial charge on any atom is 0.238 e. The number of hydrogen-bond acceptors (Lipinski definition) is 4. The first kappa shape index (κ1) is 19.6. The summed E-state index contributed by atoms with van der Waals surface area (Å²) in [7, 11) is 2.08. The van der Waals surface area contributed by atoms with Gasteiger partial charge in [-0.05, 0) is 43.2 Å². The number of para-hydroxylation sites is 2. The predicted octanol–water partition coefficient (Wildman–Crippen LogP) is 2.95. The lowest BCUT2D eigenvalue weighted by Crippen LogP contribution is -2.48. The molecule has 1 saturated heterocycles. The predicted molar refractivity (Wildman–Crippen MR) is 117 cm³/mol. The lowest BCUT2D eigenvalue weighted by atomic mass is 10.1. The summed E-state index contributed by atoms with van der Waals surface area (Å²) in [6.45, 7) is 9.06. The zero-order valence-electron chi connectivity index (χ0n) is 17.5. The second-order valence-electron chi connectivity index (χ2n) is 7.92. The van der Waals surface area contributed by atoms with Gasteiger partial charge in [-0.15, -0.1) is 0 Å². The molecule has 0 spiro atoms. The minimum Gasteiger partial charge on any atom is -0.330 e. The van der Waals surface area contributed by atoms with E-state index in [-0.39, 0.29) is 5.91 Å². The molecule has 0 unspecified atom stereocenters. The van der Waals surface area contributed by atoms with Crippen molar-refractivity contribution in [3.05, 3.63) is 59.4 Å². The molecule has 0 saturated carbocycles. The van der Waals surface area contributed by atoms with Gasteiger partial charge in [0.05, 0.1) is 24.1 Å². The molecule has 1 aliphatic rings. The number of benzene rings is 2. The van der Waals surface area contributed by atoms with Gasteiger partial charge in [-0.2, -0.15) is 0 Å². The molecule has 1 aromatic heterocycles. The Hall–Kier alpha value is -2.70. The molecule has 29 heavy (non-hydrogen) atoms.